The Bertz CT molecular complexity index is 1080. The van der Waals surface area contributed by atoms with Gasteiger partial charge in [-0.25, -0.2) is 4.98 Å². The van der Waals surface area contributed by atoms with Gasteiger partial charge in [-0.1, -0.05) is 12.1 Å². The number of benzene rings is 1. The number of imidazole rings is 1. The van der Waals surface area contributed by atoms with Crippen LogP contribution in [0.4, 0.5) is 0 Å². The van der Waals surface area contributed by atoms with Crippen molar-refractivity contribution in [3.05, 3.63) is 58.9 Å². The molecule has 0 spiro atoms. The third-order valence-corrected chi connectivity index (χ3v) is 6.61. The van der Waals surface area contributed by atoms with Gasteiger partial charge >= 0.3 is 0 Å². The van der Waals surface area contributed by atoms with E-state index >= 15 is 0 Å². The minimum Gasteiger partial charge on any atom is -0.342 e. The number of aromatic nitrogens is 2. The first-order chi connectivity index (χ1) is 14.3. The van der Waals surface area contributed by atoms with Crippen molar-refractivity contribution in [1.29, 1.82) is 0 Å². The first-order valence-electron chi connectivity index (χ1n) is 10.8. The molecule has 1 aliphatic heterocycles. The largest absolute Gasteiger partial charge is 0.342 e. The number of carbonyl (C=O) groups is 1. The van der Waals surface area contributed by atoms with Crippen molar-refractivity contribution in [2.45, 2.75) is 46.1 Å². The van der Waals surface area contributed by atoms with Crippen molar-refractivity contribution in [3.8, 4) is 11.3 Å². The maximum absolute atomic E-state index is 13.3. The molecule has 1 amide bonds. The number of likely N-dealkylation sites (tertiary alicyclic amines) is 1. The first kappa shape index (κ1) is 20.6. The van der Waals surface area contributed by atoms with Crippen LogP contribution in [0.2, 0.25) is 0 Å². The predicted octanol–water partition coefficient (Wildman–Crippen LogP) is 4.02. The molecule has 2 aromatic heterocycles. The van der Waals surface area contributed by atoms with Gasteiger partial charge in [0.2, 0.25) is 5.91 Å². The quantitative estimate of drug-likeness (QED) is 0.659. The number of piperidine rings is 1. The summed E-state index contributed by atoms with van der Waals surface area (Å²) < 4.78 is 2.08. The number of hydrogen-bond donors (Lipinski definition) is 0. The summed E-state index contributed by atoms with van der Waals surface area (Å²) in [5.41, 5.74) is 7.52. The van der Waals surface area contributed by atoms with Crippen LogP contribution in [0.3, 0.4) is 0 Å². The van der Waals surface area contributed by atoms with Gasteiger partial charge in [-0.3, -0.25) is 4.79 Å². The molecule has 1 aliphatic rings. The average Bonchev–Trinajstić information content (AvgIpc) is 3.07. The fourth-order valence-corrected chi connectivity index (χ4v) is 4.34. The van der Waals surface area contributed by atoms with Crippen LogP contribution in [0, 0.1) is 20.8 Å². The van der Waals surface area contributed by atoms with Gasteiger partial charge in [0.15, 0.2) is 0 Å². The first-order valence-corrected chi connectivity index (χ1v) is 10.8. The standard InChI is InChI=1S/C25H32N4O/c1-17-8-13-29-22(16-24(30)28(5)21-9-11-27(4)12-10-21)25(26-23(29)14-17)20-7-6-18(2)19(3)15-20/h6-8,13-15,21H,9-12,16H2,1-5H3. The SMILES string of the molecule is Cc1ccn2c(CC(=O)N(C)C3CCN(C)CC3)c(-c3ccc(C)c(C)c3)nc2c1. The number of aryl methyl sites for hydroxylation is 3. The van der Waals surface area contributed by atoms with Crippen molar-refractivity contribution in [3.63, 3.8) is 0 Å². The van der Waals surface area contributed by atoms with Gasteiger partial charge in [0, 0.05) is 24.8 Å². The van der Waals surface area contributed by atoms with Crippen molar-refractivity contribution >= 4 is 11.6 Å². The normalized spacial score (nSPS) is 15.6. The third kappa shape index (κ3) is 3.99. The number of amides is 1. The molecule has 1 aromatic carbocycles. The highest BCUT2D eigenvalue weighted by Crippen LogP contribution is 2.28. The molecule has 4 rings (SSSR count). The number of nitrogens with zero attached hydrogens (tertiary/aromatic N) is 4. The summed E-state index contributed by atoms with van der Waals surface area (Å²) in [6.45, 7) is 8.41. The van der Waals surface area contributed by atoms with E-state index < -0.39 is 0 Å². The molecular weight excluding hydrogens is 372 g/mol. The fraction of sp³-hybridized carbons (Fsp3) is 0.440. The van der Waals surface area contributed by atoms with Crippen LogP contribution in [0.25, 0.3) is 16.9 Å². The summed E-state index contributed by atoms with van der Waals surface area (Å²) in [5, 5.41) is 0. The maximum Gasteiger partial charge on any atom is 0.228 e. The highest BCUT2D eigenvalue weighted by Gasteiger charge is 2.26. The van der Waals surface area contributed by atoms with Crippen LogP contribution < -0.4 is 0 Å². The van der Waals surface area contributed by atoms with E-state index in [-0.39, 0.29) is 5.91 Å². The van der Waals surface area contributed by atoms with Gasteiger partial charge in [-0.15, -0.1) is 0 Å². The number of pyridine rings is 1. The van der Waals surface area contributed by atoms with Gasteiger partial charge in [0.25, 0.3) is 0 Å². The van der Waals surface area contributed by atoms with Crippen LogP contribution in [0.5, 0.6) is 0 Å². The third-order valence-electron chi connectivity index (χ3n) is 6.61. The van der Waals surface area contributed by atoms with Crippen molar-refractivity contribution in [2.24, 2.45) is 0 Å². The van der Waals surface area contributed by atoms with E-state index in [1.807, 2.05) is 18.1 Å². The van der Waals surface area contributed by atoms with E-state index in [2.05, 4.69) is 67.5 Å². The molecule has 3 heterocycles. The molecule has 0 radical (unpaired) electrons. The number of fused-ring (bicyclic) bond motifs is 1. The lowest BCUT2D eigenvalue weighted by Crippen LogP contribution is -2.45. The Kier molecular flexibility index (Phi) is 5.65. The molecule has 0 aliphatic carbocycles. The Labute approximate surface area is 179 Å². The fourth-order valence-electron chi connectivity index (χ4n) is 4.34. The lowest BCUT2D eigenvalue weighted by molar-refractivity contribution is -0.132. The number of carbonyl (C=O) groups excluding carboxylic acids is 1. The van der Waals surface area contributed by atoms with Crippen molar-refractivity contribution in [1.82, 2.24) is 19.2 Å². The lowest BCUT2D eigenvalue weighted by atomic mass is 10.0. The molecule has 0 unspecified atom stereocenters. The van der Waals surface area contributed by atoms with Crippen LogP contribution in [0.15, 0.2) is 36.5 Å². The van der Waals surface area contributed by atoms with E-state index in [1.54, 1.807) is 0 Å². The molecular formula is C25H32N4O. The molecule has 158 valence electrons. The minimum absolute atomic E-state index is 0.164. The summed E-state index contributed by atoms with van der Waals surface area (Å²) in [7, 11) is 4.11. The van der Waals surface area contributed by atoms with Crippen LogP contribution in [0.1, 0.15) is 35.2 Å². The smallest absolute Gasteiger partial charge is 0.228 e. The number of hydrogen-bond acceptors (Lipinski definition) is 3. The Morgan fingerprint density at radius 1 is 1.10 bits per heavy atom. The second-order valence-electron chi connectivity index (χ2n) is 8.85. The minimum atomic E-state index is 0.164. The van der Waals surface area contributed by atoms with Gasteiger partial charge in [0.05, 0.1) is 17.8 Å². The van der Waals surface area contributed by atoms with Gasteiger partial charge in [-0.05, 0) is 88.6 Å². The van der Waals surface area contributed by atoms with Crippen molar-refractivity contribution in [2.75, 3.05) is 27.2 Å². The molecule has 1 saturated heterocycles. The molecule has 5 nitrogen and oxygen atoms in total. The van der Waals surface area contributed by atoms with Gasteiger partial charge in [0.1, 0.15) is 5.65 Å². The van der Waals surface area contributed by atoms with E-state index in [4.69, 9.17) is 4.98 Å². The maximum atomic E-state index is 13.3. The summed E-state index contributed by atoms with van der Waals surface area (Å²) in [4.78, 5) is 22.5. The van der Waals surface area contributed by atoms with E-state index in [0.29, 0.717) is 12.5 Å². The highest BCUT2D eigenvalue weighted by atomic mass is 16.2. The zero-order valence-corrected chi connectivity index (χ0v) is 18.8. The van der Waals surface area contributed by atoms with E-state index in [1.165, 1.54) is 16.7 Å². The Balaban J connectivity index is 1.69. The highest BCUT2D eigenvalue weighted by molar-refractivity contribution is 5.82. The summed E-state index contributed by atoms with van der Waals surface area (Å²) in [6.07, 6.45) is 4.47. The van der Waals surface area contributed by atoms with Crippen LogP contribution in [-0.4, -0.2) is 58.3 Å². The number of likely N-dealkylation sites (N-methyl/N-ethyl adjacent to an activating group) is 1. The lowest BCUT2D eigenvalue weighted by Gasteiger charge is -2.35. The monoisotopic (exact) mass is 404 g/mol. The summed E-state index contributed by atoms with van der Waals surface area (Å²) in [5.74, 6) is 0.164. The molecule has 0 atom stereocenters. The molecule has 0 bridgehead atoms. The van der Waals surface area contributed by atoms with Crippen LogP contribution >= 0.6 is 0 Å². The Morgan fingerprint density at radius 3 is 2.53 bits per heavy atom. The van der Waals surface area contributed by atoms with Crippen LogP contribution in [-0.2, 0) is 11.2 Å². The Hall–Kier alpha value is -2.66. The van der Waals surface area contributed by atoms with E-state index in [0.717, 1.165) is 48.5 Å². The van der Waals surface area contributed by atoms with Gasteiger partial charge < -0.3 is 14.2 Å². The molecule has 5 heteroatoms. The summed E-state index contributed by atoms with van der Waals surface area (Å²) >= 11 is 0. The zero-order chi connectivity index (χ0) is 21.4. The average molecular weight is 405 g/mol. The van der Waals surface area contributed by atoms with E-state index in [9.17, 15) is 4.79 Å². The zero-order valence-electron chi connectivity index (χ0n) is 18.8. The molecule has 30 heavy (non-hydrogen) atoms. The van der Waals surface area contributed by atoms with Crippen molar-refractivity contribution < 1.29 is 4.79 Å². The second kappa shape index (κ2) is 8.23. The summed E-state index contributed by atoms with van der Waals surface area (Å²) in [6, 6.07) is 10.9. The molecule has 3 aromatic rings. The number of rotatable bonds is 4. The molecule has 1 fully saturated rings. The topological polar surface area (TPSA) is 40.9 Å². The molecule has 0 saturated carbocycles. The second-order valence-corrected chi connectivity index (χ2v) is 8.85. The van der Waals surface area contributed by atoms with Gasteiger partial charge in [-0.2, -0.15) is 0 Å². The predicted molar refractivity (Wildman–Crippen MR) is 122 cm³/mol. The molecule has 0 N–H and O–H groups in total. The Morgan fingerprint density at radius 2 is 1.83 bits per heavy atom.